The molecule has 0 atom stereocenters. The van der Waals surface area contributed by atoms with Crippen LogP contribution in [0.5, 0.6) is 0 Å². The molecule has 0 bridgehead atoms. The van der Waals surface area contributed by atoms with Gasteiger partial charge < -0.3 is 10.1 Å². The number of hydrogen-bond acceptors (Lipinski definition) is 2. The lowest BCUT2D eigenvalue weighted by Crippen LogP contribution is -2.10. The molecule has 2 N–H and O–H groups in total. The monoisotopic (exact) mass is 209 g/mol. The lowest BCUT2D eigenvalue weighted by atomic mass is 10.1. The number of aliphatic hydroxyl groups excluding tert-OH is 1. The van der Waals surface area contributed by atoms with Crippen molar-refractivity contribution in [3.05, 3.63) is 32.7 Å². The van der Waals surface area contributed by atoms with Crippen molar-refractivity contribution in [1.29, 1.82) is 0 Å². The smallest absolute Gasteiger partial charge is 0.264 e. The zero-order chi connectivity index (χ0) is 10.0. The van der Waals surface area contributed by atoms with Crippen molar-refractivity contribution in [1.82, 2.24) is 4.98 Å². The Balaban J connectivity index is 3.38. The molecule has 72 valence electrons. The lowest BCUT2D eigenvalue weighted by Gasteiger charge is -2.06. The number of alkyl halides is 2. The van der Waals surface area contributed by atoms with Gasteiger partial charge in [-0.25, -0.2) is 8.78 Å². The van der Waals surface area contributed by atoms with Crippen LogP contribution in [-0.4, -0.2) is 10.1 Å². The van der Waals surface area contributed by atoms with E-state index in [-0.39, 0.29) is 10.7 Å². The molecular weight excluding hydrogens is 204 g/mol. The predicted octanol–water partition coefficient (Wildman–Crippen LogP) is 1.46. The summed E-state index contributed by atoms with van der Waals surface area (Å²) < 4.78 is 24.5. The van der Waals surface area contributed by atoms with Gasteiger partial charge >= 0.3 is 0 Å². The highest BCUT2D eigenvalue weighted by Gasteiger charge is 2.16. The Morgan fingerprint density at radius 2 is 2.23 bits per heavy atom. The quantitative estimate of drug-likeness (QED) is 0.725. The third-order valence-corrected chi connectivity index (χ3v) is 1.85. The van der Waals surface area contributed by atoms with Crippen molar-refractivity contribution >= 4 is 11.6 Å². The number of aromatic nitrogens is 1. The Kier molecular flexibility index (Phi) is 3.00. The van der Waals surface area contributed by atoms with Crippen LogP contribution >= 0.6 is 11.6 Å². The Bertz CT molecular complexity index is 364. The number of halogens is 3. The van der Waals surface area contributed by atoms with E-state index in [0.29, 0.717) is 0 Å². The van der Waals surface area contributed by atoms with Crippen molar-refractivity contribution < 1.29 is 13.9 Å². The minimum atomic E-state index is -2.82. The van der Waals surface area contributed by atoms with Gasteiger partial charge in [0.1, 0.15) is 5.15 Å². The summed E-state index contributed by atoms with van der Waals surface area (Å²) in [7, 11) is 0. The zero-order valence-corrected chi connectivity index (χ0v) is 7.11. The number of hydrogen-bond donors (Lipinski definition) is 2. The maximum Gasteiger partial charge on any atom is 0.264 e. The van der Waals surface area contributed by atoms with Crippen LogP contribution < -0.4 is 5.56 Å². The highest BCUT2D eigenvalue weighted by molar-refractivity contribution is 6.30. The van der Waals surface area contributed by atoms with Crippen LogP contribution in [0.4, 0.5) is 8.78 Å². The number of nitrogens with one attached hydrogen (secondary N) is 1. The molecule has 6 heteroatoms. The molecule has 1 aromatic heterocycles. The number of aliphatic hydroxyl groups is 1. The first-order chi connectivity index (χ1) is 6.06. The van der Waals surface area contributed by atoms with Crippen molar-refractivity contribution in [2.75, 3.05) is 0 Å². The number of rotatable bonds is 2. The molecule has 0 aromatic carbocycles. The lowest BCUT2D eigenvalue weighted by molar-refractivity contribution is 0.147. The topological polar surface area (TPSA) is 53.1 Å². The van der Waals surface area contributed by atoms with Crippen molar-refractivity contribution in [2.24, 2.45) is 0 Å². The Morgan fingerprint density at radius 3 is 2.69 bits per heavy atom. The highest BCUT2D eigenvalue weighted by Crippen LogP contribution is 2.25. The number of pyridine rings is 1. The van der Waals surface area contributed by atoms with Gasteiger partial charge in [0, 0.05) is 17.2 Å². The van der Waals surface area contributed by atoms with Crippen LogP contribution in [0.25, 0.3) is 0 Å². The van der Waals surface area contributed by atoms with Gasteiger partial charge in [0.15, 0.2) is 0 Å². The fourth-order valence-electron chi connectivity index (χ4n) is 0.930. The highest BCUT2D eigenvalue weighted by atomic mass is 35.5. The molecule has 0 fully saturated rings. The van der Waals surface area contributed by atoms with Crippen LogP contribution in [0.1, 0.15) is 17.6 Å². The zero-order valence-electron chi connectivity index (χ0n) is 6.35. The number of aromatic amines is 1. The molecule has 0 saturated heterocycles. The van der Waals surface area contributed by atoms with Crippen molar-refractivity contribution in [2.45, 2.75) is 13.0 Å². The molecule has 3 nitrogen and oxygen atoms in total. The molecule has 0 aliphatic rings. The van der Waals surface area contributed by atoms with Gasteiger partial charge in [-0.15, -0.1) is 0 Å². The molecule has 0 aliphatic carbocycles. The maximum atomic E-state index is 12.3. The van der Waals surface area contributed by atoms with Gasteiger partial charge in [-0.05, 0) is 0 Å². The molecular formula is C7H6ClF2NO2. The number of H-pyrrole nitrogens is 1. The average Bonchev–Trinajstić information content (AvgIpc) is 2.02. The van der Waals surface area contributed by atoms with E-state index in [0.717, 1.165) is 6.07 Å². The molecule has 1 heterocycles. The summed E-state index contributed by atoms with van der Waals surface area (Å²) in [5, 5.41) is 8.45. The van der Waals surface area contributed by atoms with Gasteiger partial charge in [-0.2, -0.15) is 0 Å². The largest absolute Gasteiger partial charge is 0.392 e. The third-order valence-electron chi connectivity index (χ3n) is 1.53. The predicted molar refractivity (Wildman–Crippen MR) is 43.0 cm³/mol. The van der Waals surface area contributed by atoms with E-state index in [2.05, 4.69) is 4.98 Å². The minimum absolute atomic E-state index is 0.142. The summed E-state index contributed by atoms with van der Waals surface area (Å²) in [6.45, 7) is -0.630. The summed E-state index contributed by atoms with van der Waals surface area (Å²) in [5.74, 6) is 0. The second-order valence-corrected chi connectivity index (χ2v) is 2.72. The van der Waals surface area contributed by atoms with Crippen LogP contribution in [0.2, 0.25) is 5.15 Å². The van der Waals surface area contributed by atoms with E-state index in [1.54, 1.807) is 0 Å². The van der Waals surface area contributed by atoms with Gasteiger partial charge in [0.25, 0.3) is 6.43 Å². The molecule has 0 aliphatic heterocycles. The first kappa shape index (κ1) is 10.1. The normalized spacial score (nSPS) is 10.8. The van der Waals surface area contributed by atoms with Crippen LogP contribution in [-0.2, 0) is 6.61 Å². The van der Waals surface area contributed by atoms with Gasteiger partial charge in [0.05, 0.1) is 6.61 Å². The summed E-state index contributed by atoms with van der Waals surface area (Å²) in [4.78, 5) is 12.8. The molecule has 0 amide bonds. The van der Waals surface area contributed by atoms with Crippen LogP contribution in [0.15, 0.2) is 10.9 Å². The van der Waals surface area contributed by atoms with Crippen LogP contribution in [0.3, 0.4) is 0 Å². The van der Waals surface area contributed by atoms with E-state index in [1.807, 2.05) is 0 Å². The average molecular weight is 210 g/mol. The van der Waals surface area contributed by atoms with Crippen molar-refractivity contribution in [3.63, 3.8) is 0 Å². The van der Waals surface area contributed by atoms with Gasteiger partial charge in [0.2, 0.25) is 5.56 Å². The van der Waals surface area contributed by atoms with Crippen LogP contribution in [0, 0.1) is 0 Å². The summed E-state index contributed by atoms with van der Waals surface area (Å²) in [6.07, 6.45) is -2.82. The standard InChI is InChI=1S/C7H6ClF2NO2/c8-6-4(2-12)3(7(9)10)1-5(13)11-6/h1,7,12H,2H2,(H,11,13). The second-order valence-electron chi connectivity index (χ2n) is 2.34. The Morgan fingerprint density at radius 1 is 1.62 bits per heavy atom. The maximum absolute atomic E-state index is 12.3. The fraction of sp³-hybridized carbons (Fsp3) is 0.286. The van der Waals surface area contributed by atoms with E-state index >= 15 is 0 Å². The molecule has 0 unspecified atom stereocenters. The summed E-state index contributed by atoms with van der Waals surface area (Å²) >= 11 is 5.43. The molecule has 0 spiro atoms. The SMILES string of the molecule is O=c1cc(C(F)F)c(CO)c(Cl)[nH]1. The minimum Gasteiger partial charge on any atom is -0.392 e. The van der Waals surface area contributed by atoms with Gasteiger partial charge in [-0.3, -0.25) is 4.79 Å². The van der Waals surface area contributed by atoms with E-state index in [9.17, 15) is 13.6 Å². The third kappa shape index (κ3) is 2.05. The van der Waals surface area contributed by atoms with E-state index < -0.39 is 24.2 Å². The fourth-order valence-corrected chi connectivity index (χ4v) is 1.19. The summed E-state index contributed by atoms with van der Waals surface area (Å²) in [5.41, 5.74) is -1.38. The first-order valence-corrected chi connectivity index (χ1v) is 3.74. The summed E-state index contributed by atoms with van der Waals surface area (Å²) in [6, 6.07) is 0.724. The van der Waals surface area contributed by atoms with Gasteiger partial charge in [-0.1, -0.05) is 11.6 Å². The molecule has 1 rings (SSSR count). The Labute approximate surface area is 77.0 Å². The van der Waals surface area contributed by atoms with Crippen molar-refractivity contribution in [3.8, 4) is 0 Å². The Hall–Kier alpha value is -0.940. The molecule has 1 aromatic rings. The molecule has 13 heavy (non-hydrogen) atoms. The first-order valence-electron chi connectivity index (χ1n) is 3.37. The van der Waals surface area contributed by atoms with E-state index in [4.69, 9.17) is 16.7 Å². The molecule has 0 radical (unpaired) electrons. The molecule has 0 saturated carbocycles. The second kappa shape index (κ2) is 3.85. The van der Waals surface area contributed by atoms with E-state index in [1.165, 1.54) is 0 Å².